The van der Waals surface area contributed by atoms with Crippen LogP contribution in [0.15, 0.2) is 29.5 Å². The largest absolute Gasteiger partial charge is 0.463 e. The van der Waals surface area contributed by atoms with E-state index in [9.17, 15) is 14.4 Å². The van der Waals surface area contributed by atoms with E-state index in [4.69, 9.17) is 9.47 Å². The van der Waals surface area contributed by atoms with E-state index in [2.05, 4.69) is 20.6 Å². The molecule has 2 heterocycles. The van der Waals surface area contributed by atoms with Crippen LogP contribution in [-0.2, 0) is 14.3 Å². The highest BCUT2D eigenvalue weighted by atomic mass is 16.5. The summed E-state index contributed by atoms with van der Waals surface area (Å²) in [6.45, 7) is 6.96. The van der Waals surface area contributed by atoms with Crippen molar-refractivity contribution in [3.63, 3.8) is 0 Å². The quantitative estimate of drug-likeness (QED) is 0.739. The van der Waals surface area contributed by atoms with Gasteiger partial charge in [-0.1, -0.05) is 0 Å². The third-order valence-corrected chi connectivity index (χ3v) is 4.52. The van der Waals surface area contributed by atoms with Crippen molar-refractivity contribution in [2.75, 3.05) is 13.2 Å². The van der Waals surface area contributed by atoms with E-state index < -0.39 is 24.0 Å². The first-order valence-corrected chi connectivity index (χ1v) is 9.20. The predicted octanol–water partition coefficient (Wildman–Crippen LogP) is 1.92. The number of nitrogens with zero attached hydrogens (tertiary/aromatic N) is 2. The number of nitrogens with one attached hydrogen (secondary N) is 2. The van der Waals surface area contributed by atoms with Crippen molar-refractivity contribution in [1.82, 2.24) is 20.6 Å². The molecule has 1 aliphatic rings. The molecule has 2 amide bonds. The van der Waals surface area contributed by atoms with E-state index in [1.165, 1.54) is 0 Å². The van der Waals surface area contributed by atoms with Gasteiger partial charge >= 0.3 is 18.0 Å². The number of carbonyl (C=O) groups is 3. The molecule has 9 nitrogen and oxygen atoms in total. The third kappa shape index (κ3) is 4.34. The van der Waals surface area contributed by atoms with Crippen molar-refractivity contribution in [3.8, 4) is 0 Å². The van der Waals surface area contributed by atoms with Gasteiger partial charge in [0.2, 0.25) is 0 Å². The number of esters is 2. The molecule has 1 aromatic carbocycles. The lowest BCUT2D eigenvalue weighted by atomic mass is 10.0. The van der Waals surface area contributed by atoms with Crippen LogP contribution in [0, 0.1) is 13.8 Å². The van der Waals surface area contributed by atoms with Crippen molar-refractivity contribution in [2.45, 2.75) is 33.7 Å². The van der Waals surface area contributed by atoms with Gasteiger partial charge in [0, 0.05) is 0 Å². The van der Waals surface area contributed by atoms with Gasteiger partial charge in [-0.2, -0.15) is 0 Å². The van der Waals surface area contributed by atoms with Crippen LogP contribution >= 0.6 is 0 Å². The molecule has 0 bridgehead atoms. The standard InChI is InChI=1S/C20H22N4O5/c1-5-28-19(26)17-12(4)23-20(27)24-16(17)9-29-18(25)13-6-7-14-15(8-13)22-11(3)10(2)21-14/h6-8,12H,5,9H2,1-4H3,(H2,23,24,27)/t12-/m0/s1. The molecule has 3 rings (SSSR count). The number of amides is 2. The van der Waals surface area contributed by atoms with Gasteiger partial charge in [-0.25, -0.2) is 24.4 Å². The monoisotopic (exact) mass is 398 g/mol. The minimum Gasteiger partial charge on any atom is -0.463 e. The van der Waals surface area contributed by atoms with Crippen molar-refractivity contribution >= 4 is 29.0 Å². The van der Waals surface area contributed by atoms with E-state index in [0.29, 0.717) is 16.6 Å². The highest BCUT2D eigenvalue weighted by molar-refractivity contribution is 5.96. The second-order valence-electron chi connectivity index (χ2n) is 6.61. The molecule has 0 spiro atoms. The van der Waals surface area contributed by atoms with Crippen LogP contribution in [0.4, 0.5) is 4.79 Å². The van der Waals surface area contributed by atoms with Crippen LogP contribution in [0.3, 0.4) is 0 Å². The Bertz CT molecular complexity index is 1030. The lowest BCUT2D eigenvalue weighted by Crippen LogP contribution is -2.50. The number of carbonyl (C=O) groups excluding carboxylic acids is 3. The molecule has 0 saturated heterocycles. The van der Waals surface area contributed by atoms with Crippen molar-refractivity contribution in [2.24, 2.45) is 0 Å². The molecular formula is C20H22N4O5. The first kappa shape index (κ1) is 20.2. The lowest BCUT2D eigenvalue weighted by Gasteiger charge is -2.26. The van der Waals surface area contributed by atoms with Gasteiger partial charge in [-0.3, -0.25) is 0 Å². The van der Waals surface area contributed by atoms with Gasteiger partial charge < -0.3 is 20.1 Å². The number of rotatable bonds is 5. The second kappa shape index (κ2) is 8.26. The highest BCUT2D eigenvalue weighted by Gasteiger charge is 2.30. The molecule has 29 heavy (non-hydrogen) atoms. The Balaban J connectivity index is 1.81. The summed E-state index contributed by atoms with van der Waals surface area (Å²) < 4.78 is 10.4. The van der Waals surface area contributed by atoms with Gasteiger partial charge in [0.15, 0.2) is 0 Å². The van der Waals surface area contributed by atoms with Crippen molar-refractivity contribution < 1.29 is 23.9 Å². The molecule has 1 atom stereocenters. The summed E-state index contributed by atoms with van der Waals surface area (Å²) in [7, 11) is 0. The summed E-state index contributed by atoms with van der Waals surface area (Å²) in [5, 5.41) is 5.10. The number of hydrogen-bond donors (Lipinski definition) is 2. The van der Waals surface area contributed by atoms with Gasteiger partial charge in [0.25, 0.3) is 0 Å². The van der Waals surface area contributed by atoms with Gasteiger partial charge in [0.05, 0.1) is 51.9 Å². The molecule has 2 N–H and O–H groups in total. The predicted molar refractivity (Wildman–Crippen MR) is 104 cm³/mol. The fraction of sp³-hybridized carbons (Fsp3) is 0.350. The zero-order valence-electron chi connectivity index (χ0n) is 16.7. The van der Waals surface area contributed by atoms with Crippen LogP contribution in [0.5, 0.6) is 0 Å². The number of aromatic nitrogens is 2. The zero-order chi connectivity index (χ0) is 21.1. The highest BCUT2D eigenvalue weighted by Crippen LogP contribution is 2.17. The van der Waals surface area contributed by atoms with E-state index in [1.54, 1.807) is 32.0 Å². The van der Waals surface area contributed by atoms with E-state index in [0.717, 1.165) is 11.4 Å². The first-order valence-electron chi connectivity index (χ1n) is 9.20. The van der Waals surface area contributed by atoms with Crippen LogP contribution in [-0.4, -0.2) is 47.2 Å². The Labute approximate surface area is 167 Å². The Kier molecular flexibility index (Phi) is 5.76. The summed E-state index contributed by atoms with van der Waals surface area (Å²) in [5.74, 6) is -1.19. The fourth-order valence-electron chi connectivity index (χ4n) is 2.97. The van der Waals surface area contributed by atoms with Gasteiger partial charge in [-0.05, 0) is 45.9 Å². The Morgan fingerprint density at radius 3 is 2.45 bits per heavy atom. The SMILES string of the molecule is CCOC(=O)C1=C(COC(=O)c2ccc3nc(C)c(C)nc3c2)NC(=O)N[C@H]1C. The lowest BCUT2D eigenvalue weighted by molar-refractivity contribution is -0.139. The third-order valence-electron chi connectivity index (χ3n) is 4.52. The molecule has 0 unspecified atom stereocenters. The Morgan fingerprint density at radius 1 is 1.07 bits per heavy atom. The molecule has 0 saturated carbocycles. The number of hydrogen-bond acceptors (Lipinski definition) is 7. The minimum absolute atomic E-state index is 0.188. The molecule has 0 aliphatic carbocycles. The van der Waals surface area contributed by atoms with E-state index in [1.807, 2.05) is 13.8 Å². The average molecular weight is 398 g/mol. The number of fused-ring (bicyclic) bond motifs is 1. The average Bonchev–Trinajstić information content (AvgIpc) is 2.66. The molecular weight excluding hydrogens is 376 g/mol. The van der Waals surface area contributed by atoms with Crippen LogP contribution in [0.1, 0.15) is 35.6 Å². The van der Waals surface area contributed by atoms with Crippen LogP contribution < -0.4 is 10.6 Å². The summed E-state index contributed by atoms with van der Waals surface area (Å²) in [6, 6.07) is 3.84. The van der Waals surface area contributed by atoms with Crippen LogP contribution in [0.25, 0.3) is 11.0 Å². The summed E-state index contributed by atoms with van der Waals surface area (Å²) in [6.07, 6.45) is 0. The fourth-order valence-corrected chi connectivity index (χ4v) is 2.97. The smallest absolute Gasteiger partial charge is 0.338 e. The molecule has 152 valence electrons. The summed E-state index contributed by atoms with van der Waals surface area (Å²) in [5.41, 5.74) is 3.56. The topological polar surface area (TPSA) is 120 Å². The molecule has 0 radical (unpaired) electrons. The number of aryl methyl sites for hydroxylation is 2. The maximum Gasteiger partial charge on any atom is 0.338 e. The number of urea groups is 1. The maximum atomic E-state index is 12.5. The molecule has 1 aliphatic heterocycles. The second-order valence-corrected chi connectivity index (χ2v) is 6.61. The molecule has 9 heteroatoms. The molecule has 0 fully saturated rings. The number of benzene rings is 1. The molecule has 1 aromatic heterocycles. The van der Waals surface area contributed by atoms with Gasteiger partial charge in [-0.15, -0.1) is 0 Å². The Morgan fingerprint density at radius 2 is 1.76 bits per heavy atom. The summed E-state index contributed by atoms with van der Waals surface area (Å²) >= 11 is 0. The zero-order valence-corrected chi connectivity index (χ0v) is 16.7. The van der Waals surface area contributed by atoms with Gasteiger partial charge in [0.1, 0.15) is 6.61 Å². The minimum atomic E-state index is -0.608. The summed E-state index contributed by atoms with van der Waals surface area (Å²) in [4.78, 5) is 45.4. The first-order chi connectivity index (χ1) is 13.8. The van der Waals surface area contributed by atoms with Crippen molar-refractivity contribution in [3.05, 3.63) is 46.4 Å². The molecule has 2 aromatic rings. The van der Waals surface area contributed by atoms with Crippen molar-refractivity contribution in [1.29, 1.82) is 0 Å². The Hall–Kier alpha value is -3.49. The van der Waals surface area contributed by atoms with E-state index in [-0.39, 0.29) is 24.5 Å². The van der Waals surface area contributed by atoms with Crippen LogP contribution in [0.2, 0.25) is 0 Å². The normalized spacial score (nSPS) is 16.3. The number of ether oxygens (including phenoxy) is 2. The van der Waals surface area contributed by atoms with E-state index >= 15 is 0 Å². The maximum absolute atomic E-state index is 12.5.